The number of carbonyl (C=O) groups is 2. The Kier molecular flexibility index (Phi) is 3.61. The lowest BCUT2D eigenvalue weighted by Crippen LogP contribution is -2.23. The summed E-state index contributed by atoms with van der Waals surface area (Å²) >= 11 is 1.18. The van der Waals surface area contributed by atoms with Gasteiger partial charge in [0.25, 0.3) is 5.91 Å². The van der Waals surface area contributed by atoms with Gasteiger partial charge in [0, 0.05) is 5.38 Å². The van der Waals surface area contributed by atoms with E-state index in [0.29, 0.717) is 22.0 Å². The minimum atomic E-state index is -1.08. The molecule has 0 fully saturated rings. The smallest absolute Gasteiger partial charge is 0.355 e. The Labute approximate surface area is 112 Å². The predicted octanol–water partition coefficient (Wildman–Crippen LogP) is 1.38. The molecule has 2 rings (SSSR count). The van der Waals surface area contributed by atoms with Crippen molar-refractivity contribution in [2.24, 2.45) is 0 Å². The number of hydrogen-bond donors (Lipinski definition) is 2. The van der Waals surface area contributed by atoms with Crippen molar-refractivity contribution in [3.05, 3.63) is 33.1 Å². The zero-order valence-corrected chi connectivity index (χ0v) is 11.1. The van der Waals surface area contributed by atoms with Gasteiger partial charge in [-0.2, -0.15) is 0 Å². The van der Waals surface area contributed by atoms with Crippen LogP contribution in [0.5, 0.6) is 0 Å². The first-order chi connectivity index (χ1) is 8.99. The summed E-state index contributed by atoms with van der Waals surface area (Å²) < 4.78 is 4.90. The molecule has 0 aliphatic carbocycles. The highest BCUT2D eigenvalue weighted by Crippen LogP contribution is 2.13. The molecule has 0 saturated heterocycles. The van der Waals surface area contributed by atoms with Crippen molar-refractivity contribution < 1.29 is 19.2 Å². The molecule has 0 saturated carbocycles. The third kappa shape index (κ3) is 2.79. The van der Waals surface area contributed by atoms with Crippen LogP contribution in [0.3, 0.4) is 0 Å². The normalized spacial score (nSPS) is 10.4. The molecular formula is C11H11N3O4S. The fraction of sp³-hybridized carbons (Fsp3) is 0.273. The second kappa shape index (κ2) is 5.19. The number of nitrogens with one attached hydrogen (secondary N) is 1. The standard InChI is InChI=1S/C11H11N3O4S/c1-5-9(6(2)18-14-5)10(15)12-3-8-13-7(4-19-8)11(16)17/h4H,3H2,1-2H3,(H,12,15)(H,16,17). The van der Waals surface area contributed by atoms with E-state index in [4.69, 9.17) is 9.63 Å². The maximum atomic E-state index is 11.9. The second-order valence-electron chi connectivity index (χ2n) is 3.81. The van der Waals surface area contributed by atoms with Crippen molar-refractivity contribution in [1.29, 1.82) is 0 Å². The van der Waals surface area contributed by atoms with Gasteiger partial charge in [0.15, 0.2) is 5.69 Å². The molecule has 19 heavy (non-hydrogen) atoms. The van der Waals surface area contributed by atoms with Crippen LogP contribution in [-0.4, -0.2) is 27.1 Å². The van der Waals surface area contributed by atoms with E-state index in [1.54, 1.807) is 13.8 Å². The first-order valence-corrected chi connectivity index (χ1v) is 6.25. The highest BCUT2D eigenvalue weighted by Gasteiger charge is 2.17. The van der Waals surface area contributed by atoms with E-state index in [9.17, 15) is 9.59 Å². The molecule has 0 unspecified atom stereocenters. The SMILES string of the molecule is Cc1noc(C)c1C(=O)NCc1nc(C(=O)O)cs1. The zero-order chi connectivity index (χ0) is 14.0. The third-order valence-electron chi connectivity index (χ3n) is 2.43. The number of rotatable bonds is 4. The molecule has 2 aromatic heterocycles. The summed E-state index contributed by atoms with van der Waals surface area (Å²) in [5.41, 5.74) is 0.891. The van der Waals surface area contributed by atoms with Gasteiger partial charge >= 0.3 is 5.97 Å². The van der Waals surface area contributed by atoms with Crippen molar-refractivity contribution in [2.45, 2.75) is 20.4 Å². The van der Waals surface area contributed by atoms with Gasteiger partial charge in [-0.3, -0.25) is 4.79 Å². The molecule has 2 heterocycles. The van der Waals surface area contributed by atoms with E-state index in [-0.39, 0.29) is 18.1 Å². The molecule has 0 aromatic carbocycles. The minimum absolute atomic E-state index is 0.0217. The maximum Gasteiger partial charge on any atom is 0.355 e. The number of nitrogens with zero attached hydrogens (tertiary/aromatic N) is 2. The van der Waals surface area contributed by atoms with Gasteiger partial charge in [0.2, 0.25) is 0 Å². The van der Waals surface area contributed by atoms with Crippen LogP contribution in [0.1, 0.15) is 37.3 Å². The van der Waals surface area contributed by atoms with Gasteiger partial charge in [0.1, 0.15) is 16.3 Å². The van der Waals surface area contributed by atoms with Crippen molar-refractivity contribution in [3.8, 4) is 0 Å². The number of aromatic nitrogens is 2. The van der Waals surface area contributed by atoms with Crippen molar-refractivity contribution in [3.63, 3.8) is 0 Å². The predicted molar refractivity (Wildman–Crippen MR) is 66.2 cm³/mol. The number of thiazole rings is 1. The second-order valence-corrected chi connectivity index (χ2v) is 4.76. The van der Waals surface area contributed by atoms with E-state index in [0.717, 1.165) is 0 Å². The van der Waals surface area contributed by atoms with Crippen molar-refractivity contribution in [2.75, 3.05) is 0 Å². The fourth-order valence-corrected chi connectivity index (χ4v) is 2.25. The Balaban J connectivity index is 2.02. The van der Waals surface area contributed by atoms with Gasteiger partial charge in [-0.05, 0) is 13.8 Å². The van der Waals surface area contributed by atoms with Crippen LogP contribution >= 0.6 is 11.3 Å². The molecule has 0 radical (unpaired) electrons. The van der Waals surface area contributed by atoms with E-state index < -0.39 is 5.97 Å². The van der Waals surface area contributed by atoms with Crippen LogP contribution in [0.15, 0.2) is 9.90 Å². The molecule has 0 aliphatic rings. The summed E-state index contributed by atoms with van der Waals surface area (Å²) in [5.74, 6) is -0.955. The van der Waals surface area contributed by atoms with Crippen molar-refractivity contribution >= 4 is 23.2 Å². The molecule has 100 valence electrons. The summed E-state index contributed by atoms with van der Waals surface area (Å²) in [4.78, 5) is 26.4. The number of aromatic carboxylic acids is 1. The van der Waals surface area contributed by atoms with E-state index in [1.807, 2.05) is 0 Å². The number of aryl methyl sites for hydroxylation is 2. The van der Waals surface area contributed by atoms with Crippen LogP contribution in [0.4, 0.5) is 0 Å². The summed E-state index contributed by atoms with van der Waals surface area (Å²) in [6.45, 7) is 3.50. The first kappa shape index (κ1) is 13.2. The van der Waals surface area contributed by atoms with Gasteiger partial charge in [-0.25, -0.2) is 9.78 Å². The molecule has 1 amide bonds. The lowest BCUT2D eigenvalue weighted by atomic mass is 10.2. The number of hydrogen-bond acceptors (Lipinski definition) is 6. The third-order valence-corrected chi connectivity index (χ3v) is 3.28. The highest BCUT2D eigenvalue weighted by molar-refractivity contribution is 7.09. The Bertz CT molecular complexity index is 612. The maximum absolute atomic E-state index is 11.9. The first-order valence-electron chi connectivity index (χ1n) is 5.37. The van der Waals surface area contributed by atoms with Crippen LogP contribution in [0.25, 0.3) is 0 Å². The monoisotopic (exact) mass is 281 g/mol. The topological polar surface area (TPSA) is 105 Å². The van der Waals surface area contributed by atoms with E-state index in [2.05, 4.69) is 15.5 Å². The van der Waals surface area contributed by atoms with Gasteiger partial charge in [-0.15, -0.1) is 11.3 Å². The Morgan fingerprint density at radius 2 is 2.21 bits per heavy atom. The Morgan fingerprint density at radius 3 is 2.74 bits per heavy atom. The van der Waals surface area contributed by atoms with Crippen LogP contribution in [0, 0.1) is 13.8 Å². The molecule has 0 aliphatic heterocycles. The highest BCUT2D eigenvalue weighted by atomic mass is 32.1. The summed E-state index contributed by atoms with van der Waals surface area (Å²) in [7, 11) is 0. The largest absolute Gasteiger partial charge is 0.476 e. The number of carboxylic acids is 1. The fourth-order valence-electron chi connectivity index (χ4n) is 1.54. The number of carbonyl (C=O) groups excluding carboxylic acids is 1. The van der Waals surface area contributed by atoms with Crippen LogP contribution in [0.2, 0.25) is 0 Å². The van der Waals surface area contributed by atoms with E-state index in [1.165, 1.54) is 16.7 Å². The lowest BCUT2D eigenvalue weighted by Gasteiger charge is -2.01. The molecule has 0 bridgehead atoms. The molecule has 8 heteroatoms. The van der Waals surface area contributed by atoms with Gasteiger partial charge < -0.3 is 14.9 Å². The summed E-state index contributed by atoms with van der Waals surface area (Å²) in [6, 6.07) is 0. The summed E-state index contributed by atoms with van der Waals surface area (Å²) in [5, 5.41) is 17.0. The quantitative estimate of drug-likeness (QED) is 0.877. The Morgan fingerprint density at radius 1 is 1.47 bits per heavy atom. The van der Waals surface area contributed by atoms with Gasteiger partial charge in [0.05, 0.1) is 12.2 Å². The molecule has 2 N–H and O–H groups in total. The molecule has 0 atom stereocenters. The average molecular weight is 281 g/mol. The summed E-state index contributed by atoms with van der Waals surface area (Å²) in [6.07, 6.45) is 0. The lowest BCUT2D eigenvalue weighted by molar-refractivity contribution is 0.0691. The van der Waals surface area contributed by atoms with Crippen LogP contribution < -0.4 is 5.32 Å². The van der Waals surface area contributed by atoms with Crippen molar-refractivity contribution in [1.82, 2.24) is 15.5 Å². The molecule has 7 nitrogen and oxygen atoms in total. The minimum Gasteiger partial charge on any atom is -0.476 e. The Hall–Kier alpha value is -2.22. The number of amides is 1. The zero-order valence-electron chi connectivity index (χ0n) is 10.3. The number of carboxylic acid groups (broad SMARTS) is 1. The van der Waals surface area contributed by atoms with Gasteiger partial charge in [-0.1, -0.05) is 5.16 Å². The molecule has 2 aromatic rings. The van der Waals surface area contributed by atoms with E-state index >= 15 is 0 Å². The van der Waals surface area contributed by atoms with Crippen LogP contribution in [-0.2, 0) is 6.54 Å². The molecule has 0 spiro atoms. The molecular weight excluding hydrogens is 270 g/mol. The average Bonchev–Trinajstić information content (AvgIpc) is 2.94.